The first-order valence-electron chi connectivity index (χ1n) is 5.12. The van der Waals surface area contributed by atoms with Gasteiger partial charge >= 0.3 is 0 Å². The molecule has 1 aromatic heterocycles. The fraction of sp³-hybridized carbons (Fsp3) is 0.600. The highest BCUT2D eigenvalue weighted by atomic mass is 32.1. The standard InChI is InChI=1S/C10H15N3OS/c1-6-9(15-7(2)12-6)10(14)13-8-3-4-11-5-8/h8,11H,3-5H2,1-2H3,(H,13,14)/t8-/m1/s1. The van der Waals surface area contributed by atoms with Crippen LogP contribution in [0.3, 0.4) is 0 Å². The third-order valence-electron chi connectivity index (χ3n) is 2.51. The summed E-state index contributed by atoms with van der Waals surface area (Å²) in [6.07, 6.45) is 1.02. The van der Waals surface area contributed by atoms with Crippen molar-refractivity contribution in [2.24, 2.45) is 0 Å². The Morgan fingerprint density at radius 2 is 2.40 bits per heavy atom. The Labute approximate surface area is 93.1 Å². The molecule has 1 fully saturated rings. The highest BCUT2D eigenvalue weighted by molar-refractivity contribution is 7.13. The third kappa shape index (κ3) is 2.35. The number of thiazole rings is 1. The summed E-state index contributed by atoms with van der Waals surface area (Å²) in [5.74, 6) is 0.0202. The van der Waals surface area contributed by atoms with Gasteiger partial charge in [0.2, 0.25) is 0 Å². The smallest absolute Gasteiger partial charge is 0.263 e. The Bertz CT molecular complexity index is 369. The maximum absolute atomic E-state index is 11.9. The molecule has 1 aliphatic heterocycles. The Morgan fingerprint density at radius 1 is 1.60 bits per heavy atom. The molecule has 4 nitrogen and oxygen atoms in total. The van der Waals surface area contributed by atoms with Crippen molar-refractivity contribution in [3.8, 4) is 0 Å². The first kappa shape index (κ1) is 10.6. The predicted molar refractivity (Wildman–Crippen MR) is 60.3 cm³/mol. The zero-order chi connectivity index (χ0) is 10.8. The molecule has 0 aromatic carbocycles. The van der Waals surface area contributed by atoms with E-state index in [0.717, 1.165) is 35.1 Å². The predicted octanol–water partition coefficient (Wildman–Crippen LogP) is 0.852. The van der Waals surface area contributed by atoms with E-state index in [1.54, 1.807) is 0 Å². The highest BCUT2D eigenvalue weighted by Crippen LogP contribution is 2.17. The molecular weight excluding hydrogens is 210 g/mol. The van der Waals surface area contributed by atoms with E-state index in [9.17, 15) is 4.79 Å². The molecule has 15 heavy (non-hydrogen) atoms. The minimum absolute atomic E-state index is 0.0202. The van der Waals surface area contributed by atoms with Gasteiger partial charge in [0.15, 0.2) is 0 Å². The van der Waals surface area contributed by atoms with Crippen LogP contribution in [-0.4, -0.2) is 30.0 Å². The Morgan fingerprint density at radius 3 is 2.93 bits per heavy atom. The second kappa shape index (κ2) is 4.28. The second-order valence-corrected chi connectivity index (χ2v) is 5.01. The van der Waals surface area contributed by atoms with Crippen LogP contribution in [0.15, 0.2) is 0 Å². The molecule has 1 aliphatic rings. The monoisotopic (exact) mass is 225 g/mol. The first-order valence-corrected chi connectivity index (χ1v) is 5.94. The molecular formula is C10H15N3OS. The lowest BCUT2D eigenvalue weighted by Crippen LogP contribution is -2.36. The van der Waals surface area contributed by atoms with Crippen LogP contribution in [0.1, 0.15) is 26.8 Å². The Kier molecular flexibility index (Phi) is 3.02. The number of aryl methyl sites for hydroxylation is 2. The van der Waals surface area contributed by atoms with Crippen molar-refractivity contribution in [2.75, 3.05) is 13.1 Å². The molecule has 0 radical (unpaired) electrons. The Balaban J connectivity index is 2.03. The van der Waals surface area contributed by atoms with Gasteiger partial charge in [-0.2, -0.15) is 0 Å². The van der Waals surface area contributed by atoms with Crippen LogP contribution in [0, 0.1) is 13.8 Å². The van der Waals surface area contributed by atoms with Crippen LogP contribution in [0.2, 0.25) is 0 Å². The van der Waals surface area contributed by atoms with Gasteiger partial charge in [0.25, 0.3) is 5.91 Å². The van der Waals surface area contributed by atoms with Crippen LogP contribution in [0.5, 0.6) is 0 Å². The van der Waals surface area contributed by atoms with Crippen molar-refractivity contribution >= 4 is 17.2 Å². The number of hydrogen-bond donors (Lipinski definition) is 2. The zero-order valence-electron chi connectivity index (χ0n) is 8.96. The summed E-state index contributed by atoms with van der Waals surface area (Å²) in [6.45, 7) is 5.67. The van der Waals surface area contributed by atoms with E-state index in [1.807, 2.05) is 13.8 Å². The van der Waals surface area contributed by atoms with Gasteiger partial charge in [-0.25, -0.2) is 4.98 Å². The molecule has 2 heterocycles. The van der Waals surface area contributed by atoms with Gasteiger partial charge in [-0.3, -0.25) is 4.79 Å². The minimum Gasteiger partial charge on any atom is -0.347 e. The maximum Gasteiger partial charge on any atom is 0.263 e. The number of aromatic nitrogens is 1. The fourth-order valence-corrected chi connectivity index (χ4v) is 2.59. The Hall–Kier alpha value is -0.940. The molecule has 2 N–H and O–H groups in total. The lowest BCUT2D eigenvalue weighted by Gasteiger charge is -2.09. The summed E-state index contributed by atoms with van der Waals surface area (Å²) in [5, 5.41) is 7.19. The van der Waals surface area contributed by atoms with Crippen molar-refractivity contribution in [1.29, 1.82) is 0 Å². The lowest BCUT2D eigenvalue weighted by atomic mass is 10.2. The quantitative estimate of drug-likeness (QED) is 0.784. The van der Waals surface area contributed by atoms with E-state index in [4.69, 9.17) is 0 Å². The molecule has 0 bridgehead atoms. The lowest BCUT2D eigenvalue weighted by molar-refractivity contribution is 0.0943. The molecule has 82 valence electrons. The summed E-state index contributed by atoms with van der Waals surface area (Å²) < 4.78 is 0. The van der Waals surface area contributed by atoms with Gasteiger partial charge in [-0.05, 0) is 26.8 Å². The molecule has 0 spiro atoms. The number of amides is 1. The highest BCUT2D eigenvalue weighted by Gasteiger charge is 2.20. The van der Waals surface area contributed by atoms with Crippen LogP contribution < -0.4 is 10.6 Å². The van der Waals surface area contributed by atoms with Gasteiger partial charge in [0.1, 0.15) is 4.88 Å². The summed E-state index contributed by atoms with van der Waals surface area (Å²) in [4.78, 5) is 16.9. The summed E-state index contributed by atoms with van der Waals surface area (Å²) in [6, 6.07) is 0.277. The largest absolute Gasteiger partial charge is 0.347 e. The van der Waals surface area contributed by atoms with Gasteiger partial charge in [-0.1, -0.05) is 0 Å². The summed E-state index contributed by atoms with van der Waals surface area (Å²) >= 11 is 1.46. The summed E-state index contributed by atoms with van der Waals surface area (Å²) in [7, 11) is 0. The maximum atomic E-state index is 11.9. The zero-order valence-corrected chi connectivity index (χ0v) is 9.78. The number of rotatable bonds is 2. The van der Waals surface area contributed by atoms with Crippen molar-refractivity contribution in [3.05, 3.63) is 15.6 Å². The molecule has 1 atom stereocenters. The number of carbonyl (C=O) groups excluding carboxylic acids is 1. The van der Waals surface area contributed by atoms with E-state index in [1.165, 1.54) is 11.3 Å². The number of nitrogens with one attached hydrogen (secondary N) is 2. The van der Waals surface area contributed by atoms with E-state index in [0.29, 0.717) is 0 Å². The minimum atomic E-state index is 0.0202. The molecule has 1 aromatic rings. The number of carbonyl (C=O) groups is 1. The van der Waals surface area contributed by atoms with Crippen molar-refractivity contribution < 1.29 is 4.79 Å². The van der Waals surface area contributed by atoms with E-state index in [-0.39, 0.29) is 11.9 Å². The third-order valence-corrected chi connectivity index (χ3v) is 3.58. The average Bonchev–Trinajstić information content (AvgIpc) is 2.75. The van der Waals surface area contributed by atoms with Crippen LogP contribution in [0.25, 0.3) is 0 Å². The van der Waals surface area contributed by atoms with Gasteiger partial charge in [0, 0.05) is 12.6 Å². The molecule has 1 amide bonds. The van der Waals surface area contributed by atoms with E-state index < -0.39 is 0 Å². The molecule has 2 rings (SSSR count). The summed E-state index contributed by atoms with van der Waals surface area (Å²) in [5.41, 5.74) is 0.834. The number of nitrogens with zero attached hydrogens (tertiary/aromatic N) is 1. The second-order valence-electron chi connectivity index (χ2n) is 3.81. The average molecular weight is 225 g/mol. The van der Waals surface area contributed by atoms with Gasteiger partial charge in [-0.15, -0.1) is 11.3 Å². The van der Waals surface area contributed by atoms with E-state index in [2.05, 4.69) is 15.6 Å². The van der Waals surface area contributed by atoms with Crippen LogP contribution in [-0.2, 0) is 0 Å². The first-order chi connectivity index (χ1) is 7.16. The molecule has 0 saturated carbocycles. The van der Waals surface area contributed by atoms with Crippen molar-refractivity contribution in [3.63, 3.8) is 0 Å². The van der Waals surface area contributed by atoms with Crippen LogP contribution >= 0.6 is 11.3 Å². The molecule has 0 unspecified atom stereocenters. The van der Waals surface area contributed by atoms with Crippen LogP contribution in [0.4, 0.5) is 0 Å². The molecule has 0 aliphatic carbocycles. The fourth-order valence-electron chi connectivity index (χ4n) is 1.77. The number of hydrogen-bond acceptors (Lipinski definition) is 4. The molecule has 5 heteroatoms. The topological polar surface area (TPSA) is 54.0 Å². The van der Waals surface area contributed by atoms with E-state index >= 15 is 0 Å². The van der Waals surface area contributed by atoms with Crippen molar-refractivity contribution in [1.82, 2.24) is 15.6 Å². The SMILES string of the molecule is Cc1nc(C)c(C(=O)N[C@@H]2CCNC2)s1. The van der Waals surface area contributed by atoms with Gasteiger partial charge in [0.05, 0.1) is 10.7 Å². The molecule has 1 saturated heterocycles. The van der Waals surface area contributed by atoms with Crippen molar-refractivity contribution in [2.45, 2.75) is 26.3 Å². The van der Waals surface area contributed by atoms with Gasteiger partial charge < -0.3 is 10.6 Å². The normalized spacial score (nSPS) is 20.5.